The molecule has 0 radical (unpaired) electrons. The third-order valence-corrected chi connectivity index (χ3v) is 7.19. The summed E-state index contributed by atoms with van der Waals surface area (Å²) < 4.78 is 10.6. The normalized spacial score (nSPS) is 27.7. The monoisotopic (exact) mass is 460 g/mol. The van der Waals surface area contributed by atoms with Gasteiger partial charge in [-0.3, -0.25) is 14.4 Å². The van der Waals surface area contributed by atoms with Crippen LogP contribution in [0.5, 0.6) is 5.75 Å². The summed E-state index contributed by atoms with van der Waals surface area (Å²) in [5.74, 6) is -0.0272. The van der Waals surface area contributed by atoms with Crippen molar-refractivity contribution < 1.29 is 23.9 Å². The molecule has 7 nitrogen and oxygen atoms in total. The van der Waals surface area contributed by atoms with Crippen LogP contribution in [0.2, 0.25) is 5.02 Å². The van der Waals surface area contributed by atoms with Crippen LogP contribution < -0.4 is 15.4 Å². The minimum absolute atomic E-state index is 0.0221. The fourth-order valence-corrected chi connectivity index (χ4v) is 5.55. The highest BCUT2D eigenvalue weighted by Gasteiger charge is 2.60. The topological polar surface area (TPSA) is 93.7 Å². The van der Waals surface area contributed by atoms with Crippen LogP contribution in [0.25, 0.3) is 0 Å². The van der Waals surface area contributed by atoms with E-state index in [9.17, 15) is 14.4 Å². The van der Waals surface area contributed by atoms with Crippen LogP contribution >= 0.6 is 11.6 Å². The predicted molar refractivity (Wildman–Crippen MR) is 119 cm³/mol. The largest absolute Gasteiger partial charge is 0.478 e. The highest BCUT2D eigenvalue weighted by molar-refractivity contribution is 6.30. The molecule has 4 bridgehead atoms. The molecule has 4 atom stereocenters. The Hall–Kier alpha value is -2.54. The van der Waals surface area contributed by atoms with Crippen LogP contribution in [0.1, 0.15) is 45.1 Å². The van der Waals surface area contributed by atoms with E-state index in [1.807, 2.05) is 6.92 Å². The maximum atomic E-state index is 13.1. The van der Waals surface area contributed by atoms with E-state index in [2.05, 4.69) is 21.4 Å². The van der Waals surface area contributed by atoms with Crippen molar-refractivity contribution >= 4 is 29.4 Å². The van der Waals surface area contributed by atoms with Gasteiger partial charge in [0.1, 0.15) is 12.2 Å². The van der Waals surface area contributed by atoms with Crippen molar-refractivity contribution in [2.75, 3.05) is 7.11 Å². The summed E-state index contributed by atoms with van der Waals surface area (Å²) in [6.07, 6.45) is 4.17. The van der Waals surface area contributed by atoms with E-state index in [0.717, 1.165) is 24.8 Å². The Balaban J connectivity index is 1.38. The number of hydrogen-bond donors (Lipinski definition) is 2. The number of nitrogens with one attached hydrogen (secondary N) is 2. The first kappa shape index (κ1) is 22.6. The highest BCUT2D eigenvalue weighted by atomic mass is 35.5. The number of hydrogen-bond acceptors (Lipinski definition) is 5. The van der Waals surface area contributed by atoms with Gasteiger partial charge >= 0.3 is 5.97 Å². The molecule has 3 saturated carbocycles. The van der Waals surface area contributed by atoms with Crippen molar-refractivity contribution in [3.05, 3.63) is 40.4 Å². The number of benzene rings is 1. The number of rotatable bonds is 7. The van der Waals surface area contributed by atoms with Crippen LogP contribution in [-0.4, -0.2) is 42.1 Å². The van der Waals surface area contributed by atoms with Gasteiger partial charge in [0.15, 0.2) is 5.60 Å². The number of fused-ring (bicyclic) bond motifs is 1. The first-order valence-electron chi connectivity index (χ1n) is 10.9. The maximum Gasteiger partial charge on any atom is 0.315 e. The van der Waals surface area contributed by atoms with Gasteiger partial charge < -0.3 is 20.1 Å². The quantitative estimate of drug-likeness (QED) is 0.370. The third kappa shape index (κ3) is 4.10. The Morgan fingerprint density at radius 2 is 1.91 bits per heavy atom. The molecule has 2 amide bonds. The molecule has 0 aliphatic heterocycles. The van der Waals surface area contributed by atoms with E-state index in [-0.39, 0.29) is 41.7 Å². The van der Waals surface area contributed by atoms with E-state index >= 15 is 0 Å². The van der Waals surface area contributed by atoms with Gasteiger partial charge in [0.2, 0.25) is 5.91 Å². The van der Waals surface area contributed by atoms with E-state index in [1.54, 1.807) is 32.0 Å². The van der Waals surface area contributed by atoms with Gasteiger partial charge in [-0.05, 0) is 63.8 Å². The first-order valence-corrected chi connectivity index (χ1v) is 11.3. The summed E-state index contributed by atoms with van der Waals surface area (Å²) in [6.45, 7) is 5.40. The Morgan fingerprint density at radius 3 is 2.53 bits per heavy atom. The molecule has 1 aromatic rings. The molecule has 5 aliphatic rings. The number of methoxy groups -OCH3 is 1. The summed E-state index contributed by atoms with van der Waals surface area (Å²) >= 11 is 6.02. The lowest BCUT2D eigenvalue weighted by Gasteiger charge is -2.62. The zero-order chi connectivity index (χ0) is 23.3. The molecule has 8 heteroatoms. The van der Waals surface area contributed by atoms with Crippen molar-refractivity contribution in [2.45, 2.75) is 63.6 Å². The second-order valence-corrected chi connectivity index (χ2v) is 10.1. The van der Waals surface area contributed by atoms with Gasteiger partial charge in [-0.15, -0.1) is 0 Å². The Labute approximate surface area is 192 Å². The van der Waals surface area contributed by atoms with E-state index < -0.39 is 11.6 Å². The number of amides is 2. The van der Waals surface area contributed by atoms with Gasteiger partial charge in [-0.1, -0.05) is 23.3 Å². The molecular weight excluding hydrogens is 432 g/mol. The average Bonchev–Trinajstić information content (AvgIpc) is 2.73. The molecule has 5 aliphatic carbocycles. The van der Waals surface area contributed by atoms with E-state index in [4.69, 9.17) is 16.3 Å². The first-order chi connectivity index (χ1) is 15.0. The molecule has 6 rings (SSSR count). The van der Waals surface area contributed by atoms with Gasteiger partial charge in [0.25, 0.3) is 5.91 Å². The summed E-state index contributed by atoms with van der Waals surface area (Å²) in [5.41, 5.74) is 0.829. The van der Waals surface area contributed by atoms with Gasteiger partial charge in [0, 0.05) is 28.4 Å². The molecule has 0 saturated heterocycles. The van der Waals surface area contributed by atoms with E-state index in [0.29, 0.717) is 10.8 Å². The molecule has 0 spiro atoms. The van der Waals surface area contributed by atoms with Crippen molar-refractivity contribution in [3.63, 3.8) is 0 Å². The van der Waals surface area contributed by atoms with Crippen molar-refractivity contribution in [3.8, 4) is 5.75 Å². The van der Waals surface area contributed by atoms with Crippen molar-refractivity contribution in [1.29, 1.82) is 0 Å². The average molecular weight is 461 g/mol. The molecule has 2 N–H and O–H groups in total. The zero-order valence-electron chi connectivity index (χ0n) is 18.8. The second kappa shape index (κ2) is 8.10. The molecule has 1 aromatic carbocycles. The number of esters is 1. The standard InChI is InChI=1S/C24H29ClN2O5/c1-13-9-14(25)5-6-18(13)32-23(2,3)22(30)26-21-16-11-24(8-7-15(16)17(21)12-24)27-19(28)10-20(29)31-4/h5-7,9,16-17,21H,8,10-12H2,1-4H3,(H,26,30)(H,27,28)/t16-,17+,21-,24-. The smallest absolute Gasteiger partial charge is 0.315 e. The third-order valence-electron chi connectivity index (χ3n) is 6.96. The minimum Gasteiger partial charge on any atom is -0.478 e. The number of ether oxygens (including phenoxy) is 2. The van der Waals surface area contributed by atoms with Crippen molar-refractivity contribution in [1.82, 2.24) is 10.6 Å². The number of carbonyl (C=O) groups is 3. The summed E-state index contributed by atoms with van der Waals surface area (Å²) in [4.78, 5) is 36.8. The number of aryl methyl sites for hydroxylation is 1. The molecule has 172 valence electrons. The highest BCUT2D eigenvalue weighted by Crippen LogP contribution is 2.58. The van der Waals surface area contributed by atoms with Crippen LogP contribution in [0, 0.1) is 18.8 Å². The lowest BCUT2D eigenvalue weighted by atomic mass is 9.48. The molecule has 32 heavy (non-hydrogen) atoms. The summed E-state index contributed by atoms with van der Waals surface area (Å²) in [6, 6.07) is 5.34. The number of halogens is 1. The van der Waals surface area contributed by atoms with Gasteiger partial charge in [0.05, 0.1) is 7.11 Å². The maximum absolute atomic E-state index is 13.1. The van der Waals surface area contributed by atoms with Gasteiger partial charge in [-0.2, -0.15) is 0 Å². The molecule has 0 aromatic heterocycles. The Bertz CT molecular complexity index is 986. The minimum atomic E-state index is -1.05. The Kier molecular flexibility index (Phi) is 5.74. The Morgan fingerprint density at radius 1 is 1.22 bits per heavy atom. The lowest BCUT2D eigenvalue weighted by Crippen LogP contribution is -2.70. The molecular formula is C24H29ClN2O5. The van der Waals surface area contributed by atoms with Crippen LogP contribution in [0.4, 0.5) is 0 Å². The van der Waals surface area contributed by atoms with Crippen LogP contribution in [0.15, 0.2) is 29.8 Å². The summed E-state index contributed by atoms with van der Waals surface area (Å²) in [5, 5.41) is 6.87. The molecule has 0 heterocycles. The summed E-state index contributed by atoms with van der Waals surface area (Å²) in [7, 11) is 1.27. The lowest BCUT2D eigenvalue weighted by molar-refractivity contribution is -0.145. The zero-order valence-corrected chi connectivity index (χ0v) is 19.5. The fraction of sp³-hybridized carbons (Fsp3) is 0.542. The molecule has 0 unspecified atom stereocenters. The molecule has 3 fully saturated rings. The predicted octanol–water partition coefficient (Wildman–Crippen LogP) is 3.08. The number of carbonyl (C=O) groups excluding carboxylic acids is 3. The second-order valence-electron chi connectivity index (χ2n) is 9.63. The fourth-order valence-electron chi connectivity index (χ4n) is 5.32. The van der Waals surface area contributed by atoms with Gasteiger partial charge in [-0.25, -0.2) is 0 Å². The van der Waals surface area contributed by atoms with Crippen molar-refractivity contribution in [2.24, 2.45) is 11.8 Å². The van der Waals surface area contributed by atoms with E-state index in [1.165, 1.54) is 12.7 Å². The SMILES string of the molecule is COC(=O)CC(=O)N[C@]12CC=C3[C@@H](C1)[C@@H](NC(=O)C(C)(C)Oc1ccc(Cl)cc1C)[C@H]3C2. The van der Waals surface area contributed by atoms with Crippen LogP contribution in [0.3, 0.4) is 0 Å². The van der Waals surface area contributed by atoms with Crippen LogP contribution in [-0.2, 0) is 19.1 Å².